The van der Waals surface area contributed by atoms with Crippen molar-refractivity contribution in [1.29, 1.82) is 0 Å². The Balaban J connectivity index is 1.96. The fraction of sp³-hybridized carbons (Fsp3) is 0.267. The summed E-state index contributed by atoms with van der Waals surface area (Å²) in [6, 6.07) is 8.57. The molecular formula is C15H17N3O4. The number of rotatable bonds is 6. The van der Waals surface area contributed by atoms with E-state index >= 15 is 0 Å². The highest BCUT2D eigenvalue weighted by Gasteiger charge is 2.12. The fourth-order valence-electron chi connectivity index (χ4n) is 1.99. The van der Waals surface area contributed by atoms with Gasteiger partial charge >= 0.3 is 5.97 Å². The van der Waals surface area contributed by atoms with Crippen LogP contribution < -0.4 is 10.1 Å². The third-order valence-corrected chi connectivity index (χ3v) is 3.14. The molecule has 116 valence electrons. The molecule has 1 unspecified atom stereocenters. The van der Waals surface area contributed by atoms with E-state index in [2.05, 4.69) is 10.4 Å². The van der Waals surface area contributed by atoms with Crippen LogP contribution in [0.2, 0.25) is 0 Å². The first-order chi connectivity index (χ1) is 10.5. The molecule has 0 saturated carbocycles. The molecular weight excluding hydrogens is 286 g/mol. The van der Waals surface area contributed by atoms with E-state index in [0.717, 1.165) is 11.3 Å². The van der Waals surface area contributed by atoms with Gasteiger partial charge in [-0.3, -0.25) is 9.48 Å². The van der Waals surface area contributed by atoms with Crippen molar-refractivity contribution in [2.24, 2.45) is 0 Å². The molecule has 0 bridgehead atoms. The average Bonchev–Trinajstić information content (AvgIpc) is 2.95. The van der Waals surface area contributed by atoms with Crippen molar-refractivity contribution in [3.8, 4) is 5.75 Å². The van der Waals surface area contributed by atoms with Crippen molar-refractivity contribution < 1.29 is 19.4 Å². The van der Waals surface area contributed by atoms with Gasteiger partial charge in [-0.1, -0.05) is 12.1 Å². The molecule has 0 saturated heterocycles. The third-order valence-electron chi connectivity index (χ3n) is 3.14. The predicted octanol–water partition coefficient (Wildman–Crippen LogP) is 1.47. The highest BCUT2D eigenvalue weighted by Crippen LogP contribution is 2.18. The summed E-state index contributed by atoms with van der Waals surface area (Å²) in [5.74, 6) is -0.656. The summed E-state index contributed by atoms with van der Waals surface area (Å²) < 4.78 is 6.44. The minimum absolute atomic E-state index is 0.0401. The molecule has 0 radical (unpaired) electrons. The molecule has 1 heterocycles. The molecule has 0 aliphatic carbocycles. The third kappa shape index (κ3) is 3.85. The molecule has 22 heavy (non-hydrogen) atoms. The van der Waals surface area contributed by atoms with Gasteiger partial charge in [0.05, 0.1) is 13.2 Å². The molecule has 1 amide bonds. The van der Waals surface area contributed by atoms with Crippen LogP contribution in [-0.2, 0) is 11.3 Å². The van der Waals surface area contributed by atoms with E-state index in [4.69, 9.17) is 9.84 Å². The Kier molecular flexibility index (Phi) is 4.77. The molecule has 0 spiro atoms. The van der Waals surface area contributed by atoms with Crippen LogP contribution in [0.25, 0.3) is 0 Å². The van der Waals surface area contributed by atoms with Crippen molar-refractivity contribution in [3.05, 3.63) is 47.8 Å². The Labute approximate surface area is 127 Å². The van der Waals surface area contributed by atoms with Crippen molar-refractivity contribution in [2.75, 3.05) is 7.11 Å². The fourth-order valence-corrected chi connectivity index (χ4v) is 1.99. The highest BCUT2D eigenvalue weighted by molar-refractivity contribution is 5.85. The molecule has 0 aliphatic rings. The first kappa shape index (κ1) is 15.6. The predicted molar refractivity (Wildman–Crippen MR) is 78.7 cm³/mol. The molecule has 2 rings (SSSR count). The molecule has 1 atom stereocenters. The van der Waals surface area contributed by atoms with Gasteiger partial charge in [-0.25, -0.2) is 4.79 Å². The van der Waals surface area contributed by atoms with Crippen LogP contribution in [0, 0.1) is 0 Å². The lowest BCUT2D eigenvalue weighted by molar-refractivity contribution is -0.122. The van der Waals surface area contributed by atoms with E-state index in [9.17, 15) is 9.59 Å². The number of ether oxygens (including phenoxy) is 1. The van der Waals surface area contributed by atoms with Gasteiger partial charge in [-0.2, -0.15) is 5.10 Å². The molecule has 7 heteroatoms. The lowest BCUT2D eigenvalue weighted by Crippen LogP contribution is -2.30. The van der Waals surface area contributed by atoms with Gasteiger partial charge in [0.2, 0.25) is 5.91 Å². The molecule has 2 N–H and O–H groups in total. The van der Waals surface area contributed by atoms with Crippen molar-refractivity contribution in [3.63, 3.8) is 0 Å². The number of aromatic nitrogens is 2. The number of carboxylic acids is 1. The zero-order chi connectivity index (χ0) is 16.1. The van der Waals surface area contributed by atoms with Gasteiger partial charge in [0.1, 0.15) is 12.3 Å². The zero-order valence-corrected chi connectivity index (χ0v) is 12.3. The number of aromatic carboxylic acids is 1. The maximum atomic E-state index is 12.0. The monoisotopic (exact) mass is 303 g/mol. The number of benzene rings is 1. The maximum Gasteiger partial charge on any atom is 0.356 e. The molecule has 2 aromatic rings. The second-order valence-corrected chi connectivity index (χ2v) is 4.77. The van der Waals surface area contributed by atoms with Crippen molar-refractivity contribution in [2.45, 2.75) is 19.5 Å². The second-order valence-electron chi connectivity index (χ2n) is 4.77. The number of methoxy groups -OCH3 is 1. The zero-order valence-electron chi connectivity index (χ0n) is 12.3. The smallest absolute Gasteiger partial charge is 0.356 e. The van der Waals surface area contributed by atoms with E-state index in [1.54, 1.807) is 7.11 Å². The van der Waals surface area contributed by atoms with Crippen LogP contribution in [0.5, 0.6) is 5.75 Å². The normalized spacial score (nSPS) is 11.7. The summed E-state index contributed by atoms with van der Waals surface area (Å²) in [6.07, 6.45) is 1.46. The van der Waals surface area contributed by atoms with Gasteiger partial charge in [0.25, 0.3) is 0 Å². The molecule has 0 aliphatic heterocycles. The van der Waals surface area contributed by atoms with Gasteiger partial charge in [0, 0.05) is 6.20 Å². The summed E-state index contributed by atoms with van der Waals surface area (Å²) in [4.78, 5) is 22.7. The van der Waals surface area contributed by atoms with Gasteiger partial charge in [-0.05, 0) is 30.7 Å². The van der Waals surface area contributed by atoms with Crippen molar-refractivity contribution >= 4 is 11.9 Å². The van der Waals surface area contributed by atoms with Crippen LogP contribution in [-0.4, -0.2) is 33.9 Å². The first-order valence-electron chi connectivity index (χ1n) is 6.69. The lowest BCUT2D eigenvalue weighted by atomic mass is 10.1. The number of hydrogen-bond donors (Lipinski definition) is 2. The number of carboxylic acid groups (broad SMARTS) is 1. The maximum absolute atomic E-state index is 12.0. The second kappa shape index (κ2) is 6.75. The van der Waals surface area contributed by atoms with Gasteiger partial charge in [0.15, 0.2) is 5.69 Å². The van der Waals surface area contributed by atoms with Crippen LogP contribution in [0.15, 0.2) is 36.5 Å². The summed E-state index contributed by atoms with van der Waals surface area (Å²) in [5.41, 5.74) is 0.827. The Bertz CT molecular complexity index is 681. The van der Waals surface area contributed by atoms with Crippen LogP contribution in [0.3, 0.4) is 0 Å². The topological polar surface area (TPSA) is 93.5 Å². The minimum Gasteiger partial charge on any atom is -0.497 e. The van der Waals surface area contributed by atoms with E-state index in [1.165, 1.54) is 16.9 Å². The summed E-state index contributed by atoms with van der Waals surface area (Å²) in [6.45, 7) is 1.82. The number of carbonyl (C=O) groups is 2. The lowest BCUT2D eigenvalue weighted by Gasteiger charge is -2.15. The Morgan fingerprint density at radius 3 is 2.82 bits per heavy atom. The average molecular weight is 303 g/mol. The number of hydrogen-bond acceptors (Lipinski definition) is 4. The minimum atomic E-state index is -1.12. The van der Waals surface area contributed by atoms with E-state index in [-0.39, 0.29) is 24.2 Å². The first-order valence-corrected chi connectivity index (χ1v) is 6.69. The molecule has 1 aromatic carbocycles. The number of nitrogens with one attached hydrogen (secondary N) is 1. The largest absolute Gasteiger partial charge is 0.497 e. The van der Waals surface area contributed by atoms with E-state index in [0.29, 0.717) is 0 Å². The van der Waals surface area contributed by atoms with Crippen LogP contribution in [0.4, 0.5) is 0 Å². The van der Waals surface area contributed by atoms with Gasteiger partial charge < -0.3 is 15.2 Å². The Morgan fingerprint density at radius 2 is 2.18 bits per heavy atom. The van der Waals surface area contributed by atoms with Crippen molar-refractivity contribution in [1.82, 2.24) is 15.1 Å². The standard InChI is InChI=1S/C15H17N3O4/c1-10(11-4-3-5-12(8-11)22-2)16-14(19)9-18-7-6-13(17-18)15(20)21/h3-8,10H,9H2,1-2H3,(H,16,19)(H,20,21). The SMILES string of the molecule is COc1cccc(C(C)NC(=O)Cn2ccc(C(=O)O)n2)c1. The Morgan fingerprint density at radius 1 is 1.41 bits per heavy atom. The molecule has 1 aromatic heterocycles. The van der Waals surface area contributed by atoms with E-state index in [1.807, 2.05) is 31.2 Å². The van der Waals surface area contributed by atoms with Crippen LogP contribution >= 0.6 is 0 Å². The summed E-state index contributed by atoms with van der Waals surface area (Å²) in [7, 11) is 1.58. The number of nitrogens with zero attached hydrogens (tertiary/aromatic N) is 2. The number of carbonyl (C=O) groups excluding carboxylic acids is 1. The Hall–Kier alpha value is -2.83. The quantitative estimate of drug-likeness (QED) is 0.843. The summed E-state index contributed by atoms with van der Waals surface area (Å²) in [5, 5.41) is 15.4. The van der Waals surface area contributed by atoms with Gasteiger partial charge in [-0.15, -0.1) is 0 Å². The van der Waals surface area contributed by atoms with Crippen LogP contribution in [0.1, 0.15) is 29.0 Å². The molecule has 7 nitrogen and oxygen atoms in total. The number of amides is 1. The molecule has 0 fully saturated rings. The van der Waals surface area contributed by atoms with E-state index < -0.39 is 5.97 Å². The highest BCUT2D eigenvalue weighted by atomic mass is 16.5. The summed E-state index contributed by atoms with van der Waals surface area (Å²) >= 11 is 0.